The summed E-state index contributed by atoms with van der Waals surface area (Å²) in [6.07, 6.45) is 9.45. The Balaban J connectivity index is 1.54. The maximum Gasteiger partial charge on any atom is 0.238 e. The molecule has 1 fully saturated rings. The Morgan fingerprint density at radius 1 is 1.07 bits per heavy atom. The van der Waals surface area contributed by atoms with Gasteiger partial charge >= 0.3 is 0 Å². The van der Waals surface area contributed by atoms with Gasteiger partial charge in [0.1, 0.15) is 11.8 Å². The van der Waals surface area contributed by atoms with Crippen LogP contribution in [0.5, 0.6) is 0 Å². The lowest BCUT2D eigenvalue weighted by molar-refractivity contribution is 0.0907. The fraction of sp³-hybridized carbons (Fsp3) is 0.318. The number of rotatable bonds is 4. The van der Waals surface area contributed by atoms with Crippen LogP contribution in [0.15, 0.2) is 70.4 Å². The fourth-order valence-electron chi connectivity index (χ4n) is 3.49. The van der Waals surface area contributed by atoms with Crippen LogP contribution < -0.4 is 5.49 Å². The Morgan fingerprint density at radius 3 is 2.67 bits per heavy atom. The molecule has 0 bridgehead atoms. The van der Waals surface area contributed by atoms with E-state index in [4.69, 9.17) is 9.41 Å². The third-order valence-electron chi connectivity index (χ3n) is 4.90. The zero-order valence-corrected chi connectivity index (χ0v) is 15.3. The molecule has 4 rings (SSSR count). The Bertz CT molecular complexity index is 966. The molecule has 3 aromatic rings. The quantitative estimate of drug-likeness (QED) is 0.697. The van der Waals surface area contributed by atoms with Crippen LogP contribution in [0.3, 0.4) is 0 Å². The third-order valence-corrected chi connectivity index (χ3v) is 4.90. The molecule has 27 heavy (non-hydrogen) atoms. The summed E-state index contributed by atoms with van der Waals surface area (Å²) in [4.78, 5) is 22.1. The Kier molecular flexibility index (Phi) is 5.28. The lowest BCUT2D eigenvalue weighted by atomic mass is 9.96. The van der Waals surface area contributed by atoms with Crippen molar-refractivity contribution in [1.82, 2.24) is 9.55 Å². The molecule has 1 aromatic carbocycles. The van der Waals surface area contributed by atoms with Gasteiger partial charge in [-0.3, -0.25) is 14.4 Å². The van der Waals surface area contributed by atoms with Crippen LogP contribution in [-0.2, 0) is 6.42 Å². The summed E-state index contributed by atoms with van der Waals surface area (Å²) in [5, 5.41) is 0. The van der Waals surface area contributed by atoms with E-state index in [0.717, 1.165) is 23.9 Å². The number of aromatic nitrogens is 2. The van der Waals surface area contributed by atoms with Gasteiger partial charge in [-0.1, -0.05) is 43.5 Å². The van der Waals surface area contributed by atoms with Crippen molar-refractivity contribution in [1.29, 1.82) is 0 Å². The Morgan fingerprint density at radius 2 is 1.85 bits per heavy atom. The zero-order valence-electron chi connectivity index (χ0n) is 15.3. The second-order valence-electron chi connectivity index (χ2n) is 6.93. The number of carbonyl (C=O) groups is 1. The maximum atomic E-state index is 12.8. The van der Waals surface area contributed by atoms with E-state index in [-0.39, 0.29) is 12.3 Å². The van der Waals surface area contributed by atoms with Gasteiger partial charge in [-0.2, -0.15) is 0 Å². The first kappa shape index (κ1) is 17.5. The van der Waals surface area contributed by atoms with Gasteiger partial charge in [0.05, 0.1) is 18.2 Å². The van der Waals surface area contributed by atoms with Crippen molar-refractivity contribution in [2.75, 3.05) is 0 Å². The first-order chi connectivity index (χ1) is 13.3. The molecule has 2 aromatic heterocycles. The minimum absolute atomic E-state index is 0.0573. The highest BCUT2D eigenvalue weighted by Gasteiger charge is 2.14. The first-order valence-corrected chi connectivity index (χ1v) is 9.54. The van der Waals surface area contributed by atoms with Gasteiger partial charge in [0.25, 0.3) is 0 Å². The van der Waals surface area contributed by atoms with E-state index in [9.17, 15) is 4.79 Å². The van der Waals surface area contributed by atoms with Crippen LogP contribution >= 0.6 is 0 Å². The highest BCUT2D eigenvalue weighted by atomic mass is 16.3. The number of oxazole rings is 1. The number of pyridine rings is 1. The van der Waals surface area contributed by atoms with Crippen LogP contribution in [-0.4, -0.2) is 21.5 Å². The fourth-order valence-corrected chi connectivity index (χ4v) is 3.49. The van der Waals surface area contributed by atoms with E-state index < -0.39 is 0 Å². The molecule has 5 nitrogen and oxygen atoms in total. The van der Waals surface area contributed by atoms with Crippen molar-refractivity contribution < 1.29 is 9.21 Å². The van der Waals surface area contributed by atoms with Crippen molar-refractivity contribution >= 4 is 5.91 Å². The summed E-state index contributed by atoms with van der Waals surface area (Å²) >= 11 is 0. The van der Waals surface area contributed by atoms with Gasteiger partial charge in [0.2, 0.25) is 11.8 Å². The Labute approximate surface area is 158 Å². The number of carbonyl (C=O) groups excluding carboxylic acids is 1. The van der Waals surface area contributed by atoms with Gasteiger partial charge in [0.15, 0.2) is 0 Å². The van der Waals surface area contributed by atoms with E-state index >= 15 is 0 Å². The number of hydrogen-bond donors (Lipinski definition) is 0. The second kappa shape index (κ2) is 8.16. The first-order valence-electron chi connectivity index (χ1n) is 9.54. The van der Waals surface area contributed by atoms with Crippen LogP contribution in [0, 0.1) is 0 Å². The predicted octanol–water partition coefficient (Wildman–Crippen LogP) is 4.26. The van der Waals surface area contributed by atoms with Crippen LogP contribution in [0.1, 0.15) is 42.6 Å². The molecular formula is C22H23N3O2. The van der Waals surface area contributed by atoms with Crippen molar-refractivity contribution in [3.05, 3.63) is 72.2 Å². The van der Waals surface area contributed by atoms with E-state index in [1.165, 1.54) is 19.3 Å². The van der Waals surface area contributed by atoms with E-state index in [1.54, 1.807) is 17.0 Å². The molecule has 0 N–H and O–H groups in total. The van der Waals surface area contributed by atoms with Gasteiger partial charge in [-0.15, -0.1) is 0 Å². The predicted molar refractivity (Wildman–Crippen MR) is 103 cm³/mol. The lowest BCUT2D eigenvalue weighted by Crippen LogP contribution is -2.29. The Hall–Kier alpha value is -2.95. The molecule has 2 heterocycles. The van der Waals surface area contributed by atoms with Gasteiger partial charge in [-0.05, 0) is 37.1 Å². The molecule has 0 amide bonds. The van der Waals surface area contributed by atoms with Crippen LogP contribution in [0.25, 0.3) is 11.5 Å². The number of hydrogen-bond acceptors (Lipinski definition) is 4. The molecular weight excluding hydrogens is 338 g/mol. The van der Waals surface area contributed by atoms with Crippen molar-refractivity contribution in [3.8, 4) is 11.5 Å². The average Bonchev–Trinajstić information content (AvgIpc) is 3.18. The minimum Gasteiger partial charge on any atom is -0.444 e. The largest absolute Gasteiger partial charge is 0.444 e. The standard InChI is InChI=1S/C22H23N3O2/c26-21(15-19-16-27-22(24-19)17-9-3-1-4-10-17)25-14-8-7-13-20(25)23-18-11-5-2-6-12-18/h1,3-4,7-10,13-14,16,18H,2,5-6,11-12,15H2. The molecule has 0 unspecified atom stereocenters. The summed E-state index contributed by atoms with van der Waals surface area (Å²) in [6.45, 7) is 0. The molecule has 138 valence electrons. The molecule has 1 saturated carbocycles. The summed E-state index contributed by atoms with van der Waals surface area (Å²) in [7, 11) is 0. The third kappa shape index (κ3) is 4.25. The van der Waals surface area contributed by atoms with Crippen molar-refractivity contribution in [3.63, 3.8) is 0 Å². The zero-order chi connectivity index (χ0) is 18.5. The number of benzene rings is 1. The highest BCUT2D eigenvalue weighted by molar-refractivity contribution is 5.80. The molecule has 0 aliphatic heterocycles. The normalized spacial score (nSPS) is 15.8. The van der Waals surface area contributed by atoms with Crippen LogP contribution in [0.2, 0.25) is 0 Å². The maximum absolute atomic E-state index is 12.8. The van der Waals surface area contributed by atoms with E-state index in [1.807, 2.05) is 48.5 Å². The summed E-state index contributed by atoms with van der Waals surface area (Å²) in [5.41, 5.74) is 2.25. The molecule has 0 saturated heterocycles. The number of nitrogens with zero attached hydrogens (tertiary/aromatic N) is 3. The minimum atomic E-state index is -0.0573. The molecule has 5 heteroatoms. The molecule has 0 atom stereocenters. The monoisotopic (exact) mass is 361 g/mol. The summed E-state index contributed by atoms with van der Waals surface area (Å²) in [6, 6.07) is 15.7. The van der Waals surface area contributed by atoms with Gasteiger partial charge < -0.3 is 4.42 Å². The smallest absolute Gasteiger partial charge is 0.238 e. The van der Waals surface area contributed by atoms with E-state index in [0.29, 0.717) is 17.6 Å². The van der Waals surface area contributed by atoms with E-state index in [2.05, 4.69) is 4.98 Å². The topological polar surface area (TPSA) is 60.4 Å². The molecule has 1 aliphatic rings. The second-order valence-corrected chi connectivity index (χ2v) is 6.93. The summed E-state index contributed by atoms with van der Waals surface area (Å²) < 4.78 is 7.17. The lowest BCUT2D eigenvalue weighted by Gasteiger charge is -2.17. The molecule has 1 aliphatic carbocycles. The van der Waals surface area contributed by atoms with Crippen molar-refractivity contribution in [2.45, 2.75) is 44.6 Å². The van der Waals surface area contributed by atoms with Crippen LogP contribution in [0.4, 0.5) is 0 Å². The van der Waals surface area contributed by atoms with Crippen molar-refractivity contribution in [2.24, 2.45) is 4.99 Å². The highest BCUT2D eigenvalue weighted by Crippen LogP contribution is 2.20. The van der Waals surface area contributed by atoms with Gasteiger partial charge in [0, 0.05) is 11.8 Å². The van der Waals surface area contributed by atoms with Gasteiger partial charge in [-0.25, -0.2) is 4.98 Å². The molecule has 0 radical (unpaired) electrons. The average molecular weight is 361 g/mol. The summed E-state index contributed by atoms with van der Waals surface area (Å²) in [5.74, 6) is 0.474. The molecule has 0 spiro atoms. The SMILES string of the molecule is O=C(Cc1coc(-c2ccccc2)n1)n1ccccc1=NC1CCCCC1.